The van der Waals surface area contributed by atoms with Crippen molar-refractivity contribution in [1.29, 1.82) is 0 Å². The first-order valence-corrected chi connectivity index (χ1v) is 8.08. The highest BCUT2D eigenvalue weighted by molar-refractivity contribution is 5.92. The van der Waals surface area contributed by atoms with Crippen molar-refractivity contribution in [2.24, 2.45) is 0 Å². The van der Waals surface area contributed by atoms with E-state index in [1.165, 1.54) is 0 Å². The summed E-state index contributed by atoms with van der Waals surface area (Å²) in [6.07, 6.45) is 3.35. The smallest absolute Gasteiger partial charge is 0.292 e. The highest BCUT2D eigenvalue weighted by Crippen LogP contribution is 2.36. The maximum Gasteiger partial charge on any atom is 0.292 e. The number of nitrogens with zero attached hydrogens (tertiary/aromatic N) is 3. The molecule has 24 heavy (non-hydrogen) atoms. The minimum atomic E-state index is -0.317. The van der Waals surface area contributed by atoms with E-state index in [1.54, 1.807) is 24.1 Å². The van der Waals surface area contributed by atoms with Gasteiger partial charge in [-0.3, -0.25) is 4.79 Å². The van der Waals surface area contributed by atoms with E-state index in [1.807, 2.05) is 18.2 Å². The molecule has 1 spiro atoms. The summed E-state index contributed by atoms with van der Waals surface area (Å²) in [6, 6.07) is 7.27. The normalized spacial score (nSPS) is 22.2. The summed E-state index contributed by atoms with van der Waals surface area (Å²) < 4.78 is 16.9. The van der Waals surface area contributed by atoms with Gasteiger partial charge < -0.3 is 18.9 Å². The van der Waals surface area contributed by atoms with E-state index in [2.05, 4.69) is 10.1 Å². The van der Waals surface area contributed by atoms with Crippen LogP contribution in [0, 0.1) is 6.92 Å². The fourth-order valence-corrected chi connectivity index (χ4v) is 3.30. The Kier molecular flexibility index (Phi) is 3.72. The molecule has 0 radical (unpaired) electrons. The van der Waals surface area contributed by atoms with Crippen LogP contribution in [0.15, 0.2) is 35.0 Å². The van der Waals surface area contributed by atoms with Gasteiger partial charge in [-0.15, -0.1) is 0 Å². The highest BCUT2D eigenvalue weighted by atomic mass is 16.5. The zero-order valence-corrected chi connectivity index (χ0v) is 13.5. The van der Waals surface area contributed by atoms with E-state index >= 15 is 0 Å². The molecule has 4 heterocycles. The first kappa shape index (κ1) is 15.1. The molecular formula is C17H19N3O4. The fraction of sp³-hybridized carbons (Fsp3) is 0.471. The maximum absolute atomic E-state index is 12.3. The number of carbonyl (C=O) groups is 1. The number of amides is 1. The van der Waals surface area contributed by atoms with Gasteiger partial charge in [-0.05, 0) is 13.0 Å². The van der Waals surface area contributed by atoms with Gasteiger partial charge in [0, 0.05) is 31.2 Å². The first-order valence-electron chi connectivity index (χ1n) is 8.08. The molecule has 0 aliphatic carbocycles. The van der Waals surface area contributed by atoms with Crippen LogP contribution in [0.5, 0.6) is 5.88 Å². The van der Waals surface area contributed by atoms with Gasteiger partial charge in [0.25, 0.3) is 5.91 Å². The van der Waals surface area contributed by atoms with Crippen molar-refractivity contribution < 1.29 is 18.8 Å². The van der Waals surface area contributed by atoms with Crippen LogP contribution in [0.2, 0.25) is 0 Å². The molecule has 0 unspecified atom stereocenters. The molecule has 2 aliphatic rings. The van der Waals surface area contributed by atoms with E-state index in [4.69, 9.17) is 14.0 Å². The standard InChI is InChI=1S/C17H19N3O4/c1-12-8-14(24-19-12)16(21)20-10-17(11-20)9-13(5-7-22-17)23-15-4-2-3-6-18-15/h2-4,6,8,13H,5,7,9-11H2,1H3/t13-/m0/s1. The molecule has 0 bridgehead atoms. The van der Waals surface area contributed by atoms with Gasteiger partial charge in [0.15, 0.2) is 0 Å². The Balaban J connectivity index is 1.36. The third-order valence-corrected chi connectivity index (χ3v) is 4.46. The van der Waals surface area contributed by atoms with E-state index in [-0.39, 0.29) is 23.4 Å². The Morgan fingerprint density at radius 3 is 3.00 bits per heavy atom. The van der Waals surface area contributed by atoms with Gasteiger partial charge in [-0.25, -0.2) is 4.98 Å². The predicted molar refractivity (Wildman–Crippen MR) is 83.7 cm³/mol. The number of aromatic nitrogens is 2. The van der Waals surface area contributed by atoms with Crippen molar-refractivity contribution in [1.82, 2.24) is 15.0 Å². The van der Waals surface area contributed by atoms with Gasteiger partial charge in [0.1, 0.15) is 11.7 Å². The molecule has 4 rings (SSSR count). The molecular weight excluding hydrogens is 310 g/mol. The Bertz CT molecular complexity index is 724. The molecule has 0 saturated carbocycles. The topological polar surface area (TPSA) is 77.7 Å². The van der Waals surface area contributed by atoms with Crippen LogP contribution in [0.25, 0.3) is 0 Å². The Labute approximate surface area is 139 Å². The number of pyridine rings is 1. The van der Waals surface area contributed by atoms with Crippen LogP contribution >= 0.6 is 0 Å². The maximum atomic E-state index is 12.3. The highest BCUT2D eigenvalue weighted by Gasteiger charge is 2.50. The first-order chi connectivity index (χ1) is 11.6. The lowest BCUT2D eigenvalue weighted by Gasteiger charge is -2.52. The second kappa shape index (κ2) is 5.90. The van der Waals surface area contributed by atoms with E-state index in [9.17, 15) is 4.79 Å². The van der Waals surface area contributed by atoms with Crippen molar-refractivity contribution >= 4 is 5.91 Å². The van der Waals surface area contributed by atoms with Crippen LogP contribution in [0.3, 0.4) is 0 Å². The lowest BCUT2D eigenvalue weighted by molar-refractivity contribution is -0.174. The summed E-state index contributed by atoms with van der Waals surface area (Å²) in [7, 11) is 0. The average molecular weight is 329 g/mol. The van der Waals surface area contributed by atoms with Gasteiger partial charge in [0.2, 0.25) is 11.6 Å². The average Bonchev–Trinajstić information content (AvgIpc) is 3.00. The molecule has 7 heteroatoms. The molecule has 0 N–H and O–H groups in total. The van der Waals surface area contributed by atoms with Crippen molar-refractivity contribution in [3.8, 4) is 5.88 Å². The molecule has 2 saturated heterocycles. The number of likely N-dealkylation sites (tertiary alicyclic amines) is 1. The molecule has 7 nitrogen and oxygen atoms in total. The summed E-state index contributed by atoms with van der Waals surface area (Å²) in [4.78, 5) is 18.3. The Hall–Kier alpha value is -2.41. The molecule has 126 valence electrons. The van der Waals surface area contributed by atoms with Crippen molar-refractivity contribution in [2.75, 3.05) is 19.7 Å². The minimum Gasteiger partial charge on any atom is -0.474 e. The second-order valence-electron chi connectivity index (χ2n) is 6.43. The van der Waals surface area contributed by atoms with Gasteiger partial charge in [0.05, 0.1) is 25.4 Å². The molecule has 2 fully saturated rings. The molecule has 2 aromatic heterocycles. The van der Waals surface area contributed by atoms with Crippen LogP contribution in [-0.2, 0) is 4.74 Å². The molecule has 2 aromatic rings. The number of hydrogen-bond donors (Lipinski definition) is 0. The molecule has 1 atom stereocenters. The van der Waals surface area contributed by atoms with Crippen molar-refractivity contribution in [2.45, 2.75) is 31.5 Å². The summed E-state index contributed by atoms with van der Waals surface area (Å²) in [5, 5.41) is 3.76. The quantitative estimate of drug-likeness (QED) is 0.855. The number of carbonyl (C=O) groups excluding carboxylic acids is 1. The van der Waals surface area contributed by atoms with Crippen LogP contribution < -0.4 is 4.74 Å². The van der Waals surface area contributed by atoms with Crippen molar-refractivity contribution in [3.05, 3.63) is 41.9 Å². The van der Waals surface area contributed by atoms with E-state index in [0.717, 1.165) is 12.8 Å². The number of aryl methyl sites for hydroxylation is 1. The second-order valence-corrected chi connectivity index (χ2v) is 6.43. The largest absolute Gasteiger partial charge is 0.474 e. The van der Waals surface area contributed by atoms with E-state index in [0.29, 0.717) is 31.3 Å². The summed E-state index contributed by atoms with van der Waals surface area (Å²) in [5.74, 6) is 0.765. The van der Waals surface area contributed by atoms with Crippen LogP contribution in [-0.4, -0.2) is 52.3 Å². The fourth-order valence-electron chi connectivity index (χ4n) is 3.30. The third kappa shape index (κ3) is 2.87. The zero-order valence-electron chi connectivity index (χ0n) is 13.5. The summed E-state index contributed by atoms with van der Waals surface area (Å²) in [5.41, 5.74) is 0.383. The van der Waals surface area contributed by atoms with Gasteiger partial charge >= 0.3 is 0 Å². The summed E-state index contributed by atoms with van der Waals surface area (Å²) in [6.45, 7) is 3.52. The monoisotopic (exact) mass is 329 g/mol. The Morgan fingerprint density at radius 1 is 1.42 bits per heavy atom. The van der Waals surface area contributed by atoms with Gasteiger partial charge in [-0.1, -0.05) is 11.2 Å². The summed E-state index contributed by atoms with van der Waals surface area (Å²) >= 11 is 0. The number of hydrogen-bond acceptors (Lipinski definition) is 6. The molecule has 0 aromatic carbocycles. The number of rotatable bonds is 3. The Morgan fingerprint density at radius 2 is 2.29 bits per heavy atom. The lowest BCUT2D eigenvalue weighted by Crippen LogP contribution is -2.67. The minimum absolute atomic E-state index is 0.0541. The SMILES string of the molecule is Cc1cc(C(=O)N2CC3(C[C@@H](Oc4ccccn4)CCO3)C2)on1. The van der Waals surface area contributed by atoms with E-state index < -0.39 is 0 Å². The third-order valence-electron chi connectivity index (χ3n) is 4.46. The molecule has 1 amide bonds. The predicted octanol–water partition coefficient (Wildman–Crippen LogP) is 1.83. The molecule has 2 aliphatic heterocycles. The lowest BCUT2D eigenvalue weighted by atomic mass is 9.84. The number of ether oxygens (including phenoxy) is 2. The van der Waals surface area contributed by atoms with Crippen LogP contribution in [0.4, 0.5) is 0 Å². The van der Waals surface area contributed by atoms with Gasteiger partial charge in [-0.2, -0.15) is 0 Å². The van der Waals surface area contributed by atoms with Crippen molar-refractivity contribution in [3.63, 3.8) is 0 Å². The zero-order chi connectivity index (χ0) is 16.6. The van der Waals surface area contributed by atoms with Crippen LogP contribution in [0.1, 0.15) is 29.1 Å².